The highest BCUT2D eigenvalue weighted by atomic mass is 16.5. The smallest absolute Gasteiger partial charge is 0.340 e. The molecule has 0 bridgehead atoms. The van der Waals surface area contributed by atoms with E-state index >= 15 is 0 Å². The summed E-state index contributed by atoms with van der Waals surface area (Å²) in [6.07, 6.45) is 4.60. The van der Waals surface area contributed by atoms with Crippen LogP contribution in [0.4, 0.5) is 11.4 Å². The number of esters is 1. The Balaban J connectivity index is 1.73. The number of hydrogen-bond acceptors (Lipinski definition) is 6. The van der Waals surface area contributed by atoms with Gasteiger partial charge in [0, 0.05) is 6.20 Å². The molecule has 3 aromatic rings. The van der Waals surface area contributed by atoms with Gasteiger partial charge in [-0.1, -0.05) is 12.1 Å². The summed E-state index contributed by atoms with van der Waals surface area (Å²) in [6.45, 7) is 2.33. The van der Waals surface area contributed by atoms with Gasteiger partial charge < -0.3 is 19.8 Å². The van der Waals surface area contributed by atoms with E-state index in [-0.39, 0.29) is 12.5 Å². The summed E-state index contributed by atoms with van der Waals surface area (Å²) in [5.74, 6) is -0.0314. The van der Waals surface area contributed by atoms with Crippen LogP contribution in [0.25, 0.3) is 0 Å². The minimum Gasteiger partial charge on any atom is -0.467 e. The molecule has 7 heteroatoms. The molecular formula is C20H19N3O4. The molecule has 2 aromatic heterocycles. The van der Waals surface area contributed by atoms with Crippen molar-refractivity contribution in [1.82, 2.24) is 10.3 Å². The van der Waals surface area contributed by atoms with Crippen LogP contribution < -0.4 is 10.6 Å². The molecule has 2 N–H and O–H groups in total. The van der Waals surface area contributed by atoms with Crippen LogP contribution in [0.2, 0.25) is 0 Å². The Morgan fingerprint density at radius 2 is 2.00 bits per heavy atom. The van der Waals surface area contributed by atoms with Gasteiger partial charge in [0.1, 0.15) is 5.76 Å². The Morgan fingerprint density at radius 1 is 1.15 bits per heavy atom. The molecule has 1 aromatic carbocycles. The highest BCUT2D eigenvalue weighted by Gasteiger charge is 2.13. The zero-order valence-corrected chi connectivity index (χ0v) is 14.8. The Hall–Kier alpha value is -3.61. The van der Waals surface area contributed by atoms with Crippen LogP contribution >= 0.6 is 0 Å². The minimum absolute atomic E-state index is 0.277. The number of carbonyl (C=O) groups is 2. The van der Waals surface area contributed by atoms with Crippen LogP contribution in [0.5, 0.6) is 0 Å². The van der Waals surface area contributed by atoms with E-state index in [1.165, 1.54) is 6.20 Å². The molecule has 0 aliphatic rings. The second-order valence-corrected chi connectivity index (χ2v) is 5.62. The number of nitrogens with one attached hydrogen (secondary N) is 2. The zero-order valence-electron chi connectivity index (χ0n) is 14.8. The van der Waals surface area contributed by atoms with Crippen molar-refractivity contribution in [2.75, 3.05) is 11.9 Å². The van der Waals surface area contributed by atoms with Crippen molar-refractivity contribution in [3.63, 3.8) is 0 Å². The number of ether oxygens (including phenoxy) is 1. The van der Waals surface area contributed by atoms with Gasteiger partial charge >= 0.3 is 5.97 Å². The van der Waals surface area contributed by atoms with Gasteiger partial charge in [-0.05, 0) is 37.3 Å². The van der Waals surface area contributed by atoms with E-state index in [1.807, 2.05) is 0 Å². The highest BCUT2D eigenvalue weighted by molar-refractivity contribution is 5.97. The summed E-state index contributed by atoms with van der Waals surface area (Å²) in [7, 11) is 0. The molecule has 138 valence electrons. The average Bonchev–Trinajstić information content (AvgIpc) is 3.20. The summed E-state index contributed by atoms with van der Waals surface area (Å²) in [4.78, 5) is 28.5. The molecule has 0 aliphatic heterocycles. The number of furan rings is 1. The Morgan fingerprint density at radius 3 is 2.78 bits per heavy atom. The maximum atomic E-state index is 12.3. The van der Waals surface area contributed by atoms with E-state index in [1.54, 1.807) is 61.8 Å². The topological polar surface area (TPSA) is 93.5 Å². The van der Waals surface area contributed by atoms with E-state index in [0.717, 1.165) is 0 Å². The van der Waals surface area contributed by atoms with E-state index in [9.17, 15) is 9.59 Å². The number of rotatable bonds is 7. The number of pyridine rings is 1. The Kier molecular flexibility index (Phi) is 5.84. The van der Waals surface area contributed by atoms with Crippen molar-refractivity contribution < 1.29 is 18.7 Å². The first-order chi connectivity index (χ1) is 13.2. The molecule has 0 saturated carbocycles. The third-order valence-electron chi connectivity index (χ3n) is 3.71. The van der Waals surface area contributed by atoms with Crippen molar-refractivity contribution in [1.29, 1.82) is 0 Å². The third-order valence-corrected chi connectivity index (χ3v) is 3.71. The number of amides is 1. The third kappa shape index (κ3) is 4.72. The fourth-order valence-corrected chi connectivity index (χ4v) is 2.45. The summed E-state index contributed by atoms with van der Waals surface area (Å²) in [5.41, 5.74) is 1.95. The number of hydrogen-bond donors (Lipinski definition) is 2. The minimum atomic E-state index is -0.416. The number of benzene rings is 1. The van der Waals surface area contributed by atoms with Crippen molar-refractivity contribution in [3.05, 3.63) is 78.0 Å². The van der Waals surface area contributed by atoms with E-state index in [2.05, 4.69) is 15.6 Å². The fourth-order valence-electron chi connectivity index (χ4n) is 2.45. The van der Waals surface area contributed by atoms with Gasteiger partial charge in [0.2, 0.25) is 0 Å². The first-order valence-electron chi connectivity index (χ1n) is 8.46. The van der Waals surface area contributed by atoms with Crippen LogP contribution in [0.15, 0.2) is 65.5 Å². The molecule has 3 rings (SSSR count). The monoisotopic (exact) mass is 365 g/mol. The van der Waals surface area contributed by atoms with Gasteiger partial charge in [0.15, 0.2) is 0 Å². The van der Waals surface area contributed by atoms with Crippen LogP contribution in [0.1, 0.15) is 33.4 Å². The molecule has 0 aliphatic carbocycles. The van der Waals surface area contributed by atoms with Gasteiger partial charge in [-0.3, -0.25) is 9.78 Å². The predicted octanol–water partition coefficient (Wildman–Crippen LogP) is 3.52. The first kappa shape index (κ1) is 18.2. The second-order valence-electron chi connectivity index (χ2n) is 5.62. The molecule has 0 spiro atoms. The number of anilines is 2. The normalized spacial score (nSPS) is 10.3. The number of para-hydroxylation sites is 1. The number of nitrogens with zero attached hydrogens (tertiary/aromatic N) is 1. The lowest BCUT2D eigenvalue weighted by Crippen LogP contribution is -2.22. The van der Waals surface area contributed by atoms with Gasteiger partial charge in [0.25, 0.3) is 5.91 Å². The number of aromatic nitrogens is 1. The van der Waals surface area contributed by atoms with Gasteiger partial charge in [0.05, 0.1) is 48.1 Å². The van der Waals surface area contributed by atoms with Crippen molar-refractivity contribution >= 4 is 23.3 Å². The molecular weight excluding hydrogens is 346 g/mol. The van der Waals surface area contributed by atoms with Crippen molar-refractivity contribution in [2.24, 2.45) is 0 Å². The van der Waals surface area contributed by atoms with Gasteiger partial charge in [-0.15, -0.1) is 0 Å². The SMILES string of the molecule is CCOC(=O)c1ccccc1Nc1cncc(C(=O)NCc2ccco2)c1. The lowest BCUT2D eigenvalue weighted by atomic mass is 10.1. The quantitative estimate of drug-likeness (QED) is 0.622. The molecule has 7 nitrogen and oxygen atoms in total. The van der Waals surface area contributed by atoms with E-state index in [4.69, 9.17) is 9.15 Å². The summed E-state index contributed by atoms with van der Waals surface area (Å²) in [5, 5.41) is 5.88. The molecule has 0 unspecified atom stereocenters. The molecule has 2 heterocycles. The molecule has 27 heavy (non-hydrogen) atoms. The maximum absolute atomic E-state index is 12.3. The molecule has 0 fully saturated rings. The van der Waals surface area contributed by atoms with Crippen LogP contribution in [-0.4, -0.2) is 23.5 Å². The summed E-state index contributed by atoms with van der Waals surface area (Å²) in [6, 6.07) is 12.2. The number of carbonyl (C=O) groups excluding carboxylic acids is 2. The summed E-state index contributed by atoms with van der Waals surface area (Å²) >= 11 is 0. The van der Waals surface area contributed by atoms with Crippen molar-refractivity contribution in [2.45, 2.75) is 13.5 Å². The van der Waals surface area contributed by atoms with E-state index in [0.29, 0.717) is 34.9 Å². The predicted molar refractivity (Wildman–Crippen MR) is 99.8 cm³/mol. The highest BCUT2D eigenvalue weighted by Crippen LogP contribution is 2.22. The van der Waals surface area contributed by atoms with Crippen LogP contribution in [-0.2, 0) is 11.3 Å². The average molecular weight is 365 g/mol. The molecule has 0 radical (unpaired) electrons. The molecule has 0 saturated heterocycles. The molecule has 0 atom stereocenters. The largest absolute Gasteiger partial charge is 0.467 e. The molecule has 1 amide bonds. The van der Waals surface area contributed by atoms with Gasteiger partial charge in [-0.25, -0.2) is 4.79 Å². The standard InChI is InChI=1S/C20H19N3O4/c1-2-26-20(25)17-7-3-4-8-18(17)23-15-10-14(11-21-12-15)19(24)22-13-16-6-5-9-27-16/h3-12,23H,2,13H2,1H3,(H,22,24). The lowest BCUT2D eigenvalue weighted by molar-refractivity contribution is 0.0527. The Bertz CT molecular complexity index is 922. The fraction of sp³-hybridized carbons (Fsp3) is 0.150. The van der Waals surface area contributed by atoms with Crippen molar-refractivity contribution in [3.8, 4) is 0 Å². The Labute approximate surface area is 156 Å². The van der Waals surface area contributed by atoms with Crippen LogP contribution in [0.3, 0.4) is 0 Å². The zero-order chi connectivity index (χ0) is 19.1. The lowest BCUT2D eigenvalue weighted by Gasteiger charge is -2.12. The maximum Gasteiger partial charge on any atom is 0.340 e. The second kappa shape index (κ2) is 8.66. The summed E-state index contributed by atoms with van der Waals surface area (Å²) < 4.78 is 10.3. The van der Waals surface area contributed by atoms with Gasteiger partial charge in [-0.2, -0.15) is 0 Å². The van der Waals surface area contributed by atoms with E-state index < -0.39 is 5.97 Å². The van der Waals surface area contributed by atoms with Crippen LogP contribution in [0, 0.1) is 0 Å². The first-order valence-corrected chi connectivity index (χ1v) is 8.46.